The molecule has 4 rings (SSSR count). The number of amides is 1. The van der Waals surface area contributed by atoms with E-state index in [2.05, 4.69) is 0 Å². The van der Waals surface area contributed by atoms with Gasteiger partial charge in [-0.25, -0.2) is 8.78 Å². The molecule has 1 amide bonds. The summed E-state index contributed by atoms with van der Waals surface area (Å²) in [5, 5.41) is 10.6. The van der Waals surface area contributed by atoms with Gasteiger partial charge in [-0.05, 0) is 53.9 Å². The molecule has 0 aliphatic carbocycles. The number of nitrogens with zero attached hydrogens (tertiary/aromatic N) is 1. The Kier molecular flexibility index (Phi) is 5.62. The van der Waals surface area contributed by atoms with Gasteiger partial charge < -0.3 is 5.11 Å². The van der Waals surface area contributed by atoms with Gasteiger partial charge in [0.1, 0.15) is 11.6 Å². The number of aliphatic hydroxyl groups excluding tert-OH is 1. The molecule has 1 N–H and O–H groups in total. The minimum absolute atomic E-state index is 0.0446. The lowest BCUT2D eigenvalue weighted by molar-refractivity contribution is -0.118. The summed E-state index contributed by atoms with van der Waals surface area (Å²) in [7, 11) is 0. The summed E-state index contributed by atoms with van der Waals surface area (Å²) in [5.74, 6) is -2.73. The Morgan fingerprint density at radius 3 is 2.06 bits per heavy atom. The fourth-order valence-electron chi connectivity index (χ4n) is 3.76. The zero-order valence-electron chi connectivity index (χ0n) is 16.5. The van der Waals surface area contributed by atoms with Gasteiger partial charge in [0, 0.05) is 12.1 Å². The molecule has 4 nitrogen and oxygen atoms in total. The summed E-state index contributed by atoms with van der Waals surface area (Å²) in [6.45, 7) is 0. The van der Waals surface area contributed by atoms with Gasteiger partial charge in [0.05, 0.1) is 11.6 Å². The maximum absolute atomic E-state index is 13.5. The molecule has 3 aromatic rings. The number of hydrogen-bond acceptors (Lipinski definition) is 3. The molecule has 31 heavy (non-hydrogen) atoms. The van der Waals surface area contributed by atoms with Gasteiger partial charge in [-0.3, -0.25) is 14.5 Å². The number of aryl methyl sites for hydroxylation is 1. The number of Topliss-reactive ketones (excluding diaryl/α,β-unsaturated/α-hetero) is 1. The lowest BCUT2D eigenvalue weighted by Gasteiger charge is -2.27. The first kappa shape index (κ1) is 20.5. The molecule has 0 saturated heterocycles. The van der Waals surface area contributed by atoms with Crippen molar-refractivity contribution in [3.8, 4) is 0 Å². The van der Waals surface area contributed by atoms with E-state index in [1.165, 1.54) is 53.4 Å². The van der Waals surface area contributed by atoms with E-state index >= 15 is 0 Å². The lowest BCUT2D eigenvalue weighted by atomic mass is 9.93. The van der Waals surface area contributed by atoms with Crippen LogP contribution < -0.4 is 4.90 Å². The third-order valence-corrected chi connectivity index (χ3v) is 5.28. The van der Waals surface area contributed by atoms with Gasteiger partial charge in [0.25, 0.3) is 5.91 Å². The molecular formula is C25H19F2NO3. The first-order valence-corrected chi connectivity index (χ1v) is 9.80. The molecule has 1 aliphatic rings. The molecule has 3 aromatic carbocycles. The Bertz CT molecular complexity index is 1140. The van der Waals surface area contributed by atoms with E-state index < -0.39 is 29.3 Å². The predicted molar refractivity (Wildman–Crippen MR) is 112 cm³/mol. The smallest absolute Gasteiger partial charge is 0.294 e. The van der Waals surface area contributed by atoms with Crippen LogP contribution in [0.4, 0.5) is 14.5 Å². The van der Waals surface area contributed by atoms with Crippen molar-refractivity contribution < 1.29 is 23.5 Å². The molecule has 0 aromatic heterocycles. The molecule has 1 atom stereocenters. The number of carbonyl (C=O) groups is 2. The summed E-state index contributed by atoms with van der Waals surface area (Å²) in [6.07, 6.45) is 0.531. The van der Waals surface area contributed by atoms with Crippen molar-refractivity contribution in [2.45, 2.75) is 18.9 Å². The van der Waals surface area contributed by atoms with Crippen LogP contribution in [0.2, 0.25) is 0 Å². The van der Waals surface area contributed by atoms with Crippen LogP contribution in [0.3, 0.4) is 0 Å². The summed E-state index contributed by atoms with van der Waals surface area (Å²) >= 11 is 0. The second-order valence-corrected chi connectivity index (χ2v) is 7.28. The van der Waals surface area contributed by atoms with E-state index in [0.29, 0.717) is 17.7 Å². The zero-order valence-corrected chi connectivity index (χ0v) is 16.5. The van der Waals surface area contributed by atoms with Gasteiger partial charge in [0.2, 0.25) is 0 Å². The maximum Gasteiger partial charge on any atom is 0.294 e. The highest BCUT2D eigenvalue weighted by Crippen LogP contribution is 2.41. The Morgan fingerprint density at radius 2 is 1.45 bits per heavy atom. The number of rotatable bonds is 6. The minimum atomic E-state index is -0.943. The molecule has 0 fully saturated rings. The van der Waals surface area contributed by atoms with Crippen molar-refractivity contribution >= 4 is 17.4 Å². The summed E-state index contributed by atoms with van der Waals surface area (Å²) < 4.78 is 26.9. The fourth-order valence-corrected chi connectivity index (χ4v) is 3.76. The van der Waals surface area contributed by atoms with Gasteiger partial charge in [0.15, 0.2) is 11.5 Å². The molecule has 0 radical (unpaired) electrons. The van der Waals surface area contributed by atoms with Crippen LogP contribution in [0.25, 0.3) is 0 Å². The Balaban J connectivity index is 1.72. The standard InChI is InChI=1S/C25H19F2NO3/c26-18-9-7-17(8-10-18)23-22(21(29)15-6-16-4-2-1-3-5-16)24(30)25(31)28(23)20-13-11-19(27)12-14-20/h1-5,7-14,23,30H,6,15H2. The van der Waals surface area contributed by atoms with Gasteiger partial charge in [-0.1, -0.05) is 42.5 Å². The lowest BCUT2D eigenvalue weighted by Crippen LogP contribution is -2.31. The van der Waals surface area contributed by atoms with E-state index in [0.717, 1.165) is 5.56 Å². The van der Waals surface area contributed by atoms with Crippen LogP contribution in [0.1, 0.15) is 23.6 Å². The molecule has 156 valence electrons. The predicted octanol–water partition coefficient (Wildman–Crippen LogP) is 5.07. The third kappa shape index (κ3) is 4.10. The summed E-state index contributed by atoms with van der Waals surface area (Å²) in [5.41, 5.74) is 1.69. The normalized spacial score (nSPS) is 16.1. The van der Waals surface area contributed by atoms with Gasteiger partial charge in [-0.15, -0.1) is 0 Å². The van der Waals surface area contributed by atoms with Crippen LogP contribution in [0.5, 0.6) is 0 Å². The highest BCUT2D eigenvalue weighted by Gasteiger charge is 2.44. The number of aliphatic hydroxyl groups is 1. The second-order valence-electron chi connectivity index (χ2n) is 7.28. The SMILES string of the molecule is O=C(CCc1ccccc1)C1=C(O)C(=O)N(c2ccc(F)cc2)C1c1ccc(F)cc1. The van der Waals surface area contributed by atoms with E-state index in [1.54, 1.807) is 0 Å². The van der Waals surface area contributed by atoms with Crippen molar-refractivity contribution in [2.75, 3.05) is 4.90 Å². The average Bonchev–Trinajstić information content (AvgIpc) is 3.05. The number of anilines is 1. The number of ketones is 1. The number of hydrogen-bond donors (Lipinski definition) is 1. The average molecular weight is 419 g/mol. The van der Waals surface area contributed by atoms with Gasteiger partial charge >= 0.3 is 0 Å². The van der Waals surface area contributed by atoms with Crippen molar-refractivity contribution in [3.63, 3.8) is 0 Å². The highest BCUT2D eigenvalue weighted by molar-refractivity contribution is 6.16. The van der Waals surface area contributed by atoms with Crippen LogP contribution in [0.15, 0.2) is 90.2 Å². The third-order valence-electron chi connectivity index (χ3n) is 5.28. The van der Waals surface area contributed by atoms with Crippen molar-refractivity contribution in [2.24, 2.45) is 0 Å². The summed E-state index contributed by atoms with van der Waals surface area (Å²) in [4.78, 5) is 27.3. The molecule has 1 unspecified atom stereocenters. The number of benzene rings is 3. The quantitative estimate of drug-likeness (QED) is 0.607. The molecular weight excluding hydrogens is 400 g/mol. The fraction of sp³-hybridized carbons (Fsp3) is 0.120. The van der Waals surface area contributed by atoms with Gasteiger partial charge in [-0.2, -0.15) is 0 Å². The zero-order chi connectivity index (χ0) is 22.0. The van der Waals surface area contributed by atoms with Crippen molar-refractivity contribution in [3.05, 3.63) is 113 Å². The Morgan fingerprint density at radius 1 is 0.871 bits per heavy atom. The molecule has 1 heterocycles. The number of carbonyl (C=O) groups excluding carboxylic acids is 2. The maximum atomic E-state index is 13.5. The largest absolute Gasteiger partial charge is 0.503 e. The van der Waals surface area contributed by atoms with Crippen LogP contribution in [-0.4, -0.2) is 16.8 Å². The summed E-state index contributed by atoms with van der Waals surface area (Å²) in [6, 6.07) is 19.0. The Hall–Kier alpha value is -3.80. The van der Waals surface area contributed by atoms with Crippen LogP contribution in [0, 0.1) is 11.6 Å². The van der Waals surface area contributed by atoms with E-state index in [4.69, 9.17) is 0 Å². The minimum Gasteiger partial charge on any atom is -0.503 e. The van der Waals surface area contributed by atoms with Crippen molar-refractivity contribution in [1.29, 1.82) is 0 Å². The Labute approximate surface area is 178 Å². The van der Waals surface area contributed by atoms with E-state index in [1.807, 2.05) is 30.3 Å². The second kappa shape index (κ2) is 8.52. The number of halogens is 2. The monoisotopic (exact) mass is 419 g/mol. The molecule has 0 spiro atoms. The molecule has 6 heteroatoms. The molecule has 1 aliphatic heterocycles. The first-order valence-electron chi connectivity index (χ1n) is 9.80. The van der Waals surface area contributed by atoms with Crippen molar-refractivity contribution in [1.82, 2.24) is 0 Å². The van der Waals surface area contributed by atoms with Crippen LogP contribution in [-0.2, 0) is 16.0 Å². The molecule has 0 saturated carbocycles. The highest BCUT2D eigenvalue weighted by atomic mass is 19.1. The van der Waals surface area contributed by atoms with Crippen LogP contribution >= 0.6 is 0 Å². The van der Waals surface area contributed by atoms with E-state index in [-0.39, 0.29) is 17.8 Å². The topological polar surface area (TPSA) is 57.6 Å². The molecule has 0 bridgehead atoms. The first-order chi connectivity index (χ1) is 15.0. The van der Waals surface area contributed by atoms with E-state index in [9.17, 15) is 23.5 Å².